The fourth-order valence-corrected chi connectivity index (χ4v) is 2.93. The van der Waals surface area contributed by atoms with Crippen LogP contribution in [0.1, 0.15) is 28.4 Å². The van der Waals surface area contributed by atoms with Gasteiger partial charge in [-0.15, -0.1) is 0 Å². The van der Waals surface area contributed by atoms with Gasteiger partial charge in [0.1, 0.15) is 0 Å². The lowest BCUT2D eigenvalue weighted by Crippen LogP contribution is -2.02. The quantitative estimate of drug-likeness (QED) is 0.834. The van der Waals surface area contributed by atoms with Gasteiger partial charge in [-0.25, -0.2) is 0 Å². The van der Waals surface area contributed by atoms with Gasteiger partial charge in [-0.2, -0.15) is 0 Å². The number of hydrogen-bond donors (Lipinski definition) is 1. The number of benzene rings is 2. The van der Waals surface area contributed by atoms with E-state index in [4.69, 9.17) is 11.6 Å². The van der Waals surface area contributed by atoms with Gasteiger partial charge >= 0.3 is 0 Å². The van der Waals surface area contributed by atoms with Crippen molar-refractivity contribution >= 4 is 27.5 Å². The molecule has 0 heterocycles. The smallest absolute Gasteiger partial charge is 0.0831 e. The Morgan fingerprint density at radius 3 is 2.47 bits per heavy atom. The summed E-state index contributed by atoms with van der Waals surface area (Å²) < 4.78 is 0.883. The molecule has 2 rings (SSSR count). The van der Waals surface area contributed by atoms with Gasteiger partial charge in [0.25, 0.3) is 0 Å². The van der Waals surface area contributed by atoms with E-state index < -0.39 is 6.10 Å². The minimum atomic E-state index is -0.544. The second-order valence-corrected chi connectivity index (χ2v) is 6.19. The van der Waals surface area contributed by atoms with E-state index in [-0.39, 0.29) is 0 Å². The van der Waals surface area contributed by atoms with Crippen molar-refractivity contribution in [2.45, 2.75) is 26.4 Å². The molecule has 0 aliphatic heterocycles. The first kappa shape index (κ1) is 14.6. The van der Waals surface area contributed by atoms with E-state index >= 15 is 0 Å². The number of halogens is 2. The molecule has 1 N–H and O–H groups in total. The molecule has 2 aromatic rings. The lowest BCUT2D eigenvalue weighted by atomic mass is 9.98. The van der Waals surface area contributed by atoms with Crippen LogP contribution in [0.25, 0.3) is 0 Å². The molecule has 100 valence electrons. The van der Waals surface area contributed by atoms with E-state index in [9.17, 15) is 5.11 Å². The zero-order chi connectivity index (χ0) is 14.0. The maximum Gasteiger partial charge on any atom is 0.0831 e. The van der Waals surface area contributed by atoms with E-state index in [1.807, 2.05) is 12.1 Å². The van der Waals surface area contributed by atoms with Gasteiger partial charge in [-0.3, -0.25) is 0 Å². The largest absolute Gasteiger partial charge is 0.388 e. The number of aliphatic hydroxyl groups excluding tert-OH is 1. The third-order valence-electron chi connectivity index (χ3n) is 3.27. The molecule has 0 amide bonds. The first-order valence-electron chi connectivity index (χ1n) is 6.16. The van der Waals surface area contributed by atoms with Crippen molar-refractivity contribution in [2.75, 3.05) is 0 Å². The van der Waals surface area contributed by atoms with Crippen LogP contribution in [0.5, 0.6) is 0 Å². The van der Waals surface area contributed by atoms with E-state index in [2.05, 4.69) is 48.0 Å². The third-order valence-corrected chi connectivity index (χ3v) is 3.95. The molecule has 0 fully saturated rings. The Hall–Kier alpha value is -0.830. The number of rotatable bonds is 3. The minimum absolute atomic E-state index is 0.544. The maximum atomic E-state index is 10.3. The summed E-state index contributed by atoms with van der Waals surface area (Å²) in [7, 11) is 0. The van der Waals surface area contributed by atoms with Gasteiger partial charge in [0.15, 0.2) is 0 Å². The van der Waals surface area contributed by atoms with E-state index in [1.54, 1.807) is 6.07 Å². The van der Waals surface area contributed by atoms with Gasteiger partial charge < -0.3 is 5.11 Å². The zero-order valence-electron chi connectivity index (χ0n) is 11.0. The molecule has 0 bridgehead atoms. The summed E-state index contributed by atoms with van der Waals surface area (Å²) in [6.45, 7) is 4.17. The molecule has 1 atom stereocenters. The molecule has 0 radical (unpaired) electrons. The molecular weight excluding hydrogens is 324 g/mol. The highest BCUT2D eigenvalue weighted by Crippen LogP contribution is 2.26. The molecule has 19 heavy (non-hydrogen) atoms. The summed E-state index contributed by atoms with van der Waals surface area (Å²) in [4.78, 5) is 0. The zero-order valence-corrected chi connectivity index (χ0v) is 13.3. The van der Waals surface area contributed by atoms with Crippen molar-refractivity contribution < 1.29 is 5.11 Å². The Kier molecular flexibility index (Phi) is 4.67. The van der Waals surface area contributed by atoms with Crippen LogP contribution >= 0.6 is 27.5 Å². The first-order valence-corrected chi connectivity index (χ1v) is 7.33. The van der Waals surface area contributed by atoms with Crippen LogP contribution in [-0.2, 0) is 6.42 Å². The Bertz CT molecular complexity index is 575. The van der Waals surface area contributed by atoms with Crippen molar-refractivity contribution in [3.05, 3.63) is 68.1 Å². The molecule has 0 spiro atoms. The average Bonchev–Trinajstić information content (AvgIpc) is 2.32. The van der Waals surface area contributed by atoms with Gasteiger partial charge in [-0.05, 0) is 54.3 Å². The Morgan fingerprint density at radius 1 is 1.11 bits per heavy atom. The predicted octanol–water partition coefficient (Wildman–Crippen LogP) is 5.00. The molecule has 2 aromatic carbocycles. The monoisotopic (exact) mass is 338 g/mol. The standard InChI is InChI=1S/C16H16BrClO/c1-10-3-4-12(5-11(10)2)6-16(19)13-7-14(17)9-15(18)8-13/h3-5,7-9,16,19H,6H2,1-2H3. The molecule has 0 aliphatic carbocycles. The summed E-state index contributed by atoms with van der Waals surface area (Å²) in [6, 6.07) is 11.8. The number of aryl methyl sites for hydroxylation is 2. The molecule has 1 nitrogen and oxygen atoms in total. The highest BCUT2D eigenvalue weighted by Gasteiger charge is 2.10. The summed E-state index contributed by atoms with van der Waals surface area (Å²) in [6.07, 6.45) is 0.0468. The molecule has 1 unspecified atom stereocenters. The van der Waals surface area contributed by atoms with Crippen molar-refractivity contribution in [3.8, 4) is 0 Å². The molecular formula is C16H16BrClO. The molecule has 3 heteroatoms. The summed E-state index contributed by atoms with van der Waals surface area (Å²) >= 11 is 9.39. The third kappa shape index (κ3) is 3.82. The molecule has 0 aromatic heterocycles. The van der Waals surface area contributed by atoms with Crippen molar-refractivity contribution in [1.29, 1.82) is 0 Å². The van der Waals surface area contributed by atoms with Gasteiger partial charge in [0.2, 0.25) is 0 Å². The molecule has 0 aliphatic rings. The molecule has 0 saturated carbocycles. The highest BCUT2D eigenvalue weighted by molar-refractivity contribution is 9.10. The lowest BCUT2D eigenvalue weighted by Gasteiger charge is -2.13. The number of aliphatic hydroxyl groups is 1. The molecule has 0 saturated heterocycles. The van der Waals surface area contributed by atoms with E-state index in [0.29, 0.717) is 11.4 Å². The minimum Gasteiger partial charge on any atom is -0.388 e. The lowest BCUT2D eigenvalue weighted by molar-refractivity contribution is 0.178. The Labute approximate surface area is 127 Å². The van der Waals surface area contributed by atoms with Crippen LogP contribution in [0.4, 0.5) is 0 Å². The Morgan fingerprint density at radius 2 is 1.84 bits per heavy atom. The maximum absolute atomic E-state index is 10.3. The first-order chi connectivity index (χ1) is 8.95. The van der Waals surface area contributed by atoms with Crippen LogP contribution < -0.4 is 0 Å². The average molecular weight is 340 g/mol. The van der Waals surface area contributed by atoms with Crippen molar-refractivity contribution in [3.63, 3.8) is 0 Å². The summed E-state index contributed by atoms with van der Waals surface area (Å²) in [5.41, 5.74) is 4.48. The number of hydrogen-bond acceptors (Lipinski definition) is 1. The summed E-state index contributed by atoms with van der Waals surface area (Å²) in [5.74, 6) is 0. The van der Waals surface area contributed by atoms with Gasteiger partial charge in [0, 0.05) is 15.9 Å². The second kappa shape index (κ2) is 6.08. The fraction of sp³-hybridized carbons (Fsp3) is 0.250. The fourth-order valence-electron chi connectivity index (χ4n) is 2.04. The topological polar surface area (TPSA) is 20.2 Å². The van der Waals surface area contributed by atoms with E-state index in [0.717, 1.165) is 15.6 Å². The van der Waals surface area contributed by atoms with Crippen molar-refractivity contribution in [1.82, 2.24) is 0 Å². The van der Waals surface area contributed by atoms with Gasteiger partial charge in [0.05, 0.1) is 6.10 Å². The SMILES string of the molecule is Cc1ccc(CC(O)c2cc(Cl)cc(Br)c2)cc1C. The normalized spacial score (nSPS) is 12.5. The second-order valence-electron chi connectivity index (χ2n) is 4.84. The van der Waals surface area contributed by atoms with Crippen LogP contribution in [0.3, 0.4) is 0 Å². The van der Waals surface area contributed by atoms with Crippen LogP contribution in [0, 0.1) is 13.8 Å². The van der Waals surface area contributed by atoms with Crippen LogP contribution in [-0.4, -0.2) is 5.11 Å². The Balaban J connectivity index is 2.20. The van der Waals surface area contributed by atoms with Crippen LogP contribution in [0.15, 0.2) is 40.9 Å². The summed E-state index contributed by atoms with van der Waals surface area (Å²) in [5, 5.41) is 10.9. The highest BCUT2D eigenvalue weighted by atomic mass is 79.9. The predicted molar refractivity (Wildman–Crippen MR) is 83.7 cm³/mol. The van der Waals surface area contributed by atoms with Crippen LogP contribution in [0.2, 0.25) is 5.02 Å². The van der Waals surface area contributed by atoms with E-state index in [1.165, 1.54) is 11.1 Å². The van der Waals surface area contributed by atoms with Crippen molar-refractivity contribution in [2.24, 2.45) is 0 Å². The van der Waals surface area contributed by atoms with Gasteiger partial charge in [-0.1, -0.05) is 45.7 Å².